The highest BCUT2D eigenvalue weighted by Crippen LogP contribution is 2.17. The zero-order valence-corrected chi connectivity index (χ0v) is 10.8. The maximum Gasteiger partial charge on any atom is 0.302 e. The van der Waals surface area contributed by atoms with Crippen LogP contribution in [0.2, 0.25) is 0 Å². The van der Waals surface area contributed by atoms with Crippen LogP contribution in [0.25, 0.3) is 10.9 Å². The first-order valence-electron chi connectivity index (χ1n) is 5.85. The minimum absolute atomic E-state index is 0.154. The van der Waals surface area contributed by atoms with Gasteiger partial charge in [-0.05, 0) is 29.8 Å². The van der Waals surface area contributed by atoms with Gasteiger partial charge in [0.25, 0.3) is 0 Å². The van der Waals surface area contributed by atoms with Crippen LogP contribution in [-0.4, -0.2) is 16.9 Å². The van der Waals surface area contributed by atoms with E-state index in [4.69, 9.17) is 4.74 Å². The summed E-state index contributed by atoms with van der Waals surface area (Å²) < 4.78 is 4.94. The summed E-state index contributed by atoms with van der Waals surface area (Å²) in [6.45, 7) is 3.06. The number of carbonyl (C=O) groups excluding carboxylic acids is 2. The van der Waals surface area contributed by atoms with Gasteiger partial charge in [-0.2, -0.15) is 0 Å². The molecule has 1 aromatic carbocycles. The van der Waals surface area contributed by atoms with Gasteiger partial charge in [0, 0.05) is 19.2 Å². The number of nitrogens with one attached hydrogen (secondary N) is 1. The molecule has 0 aliphatic heterocycles. The Morgan fingerprint density at radius 2 is 2.00 bits per heavy atom. The number of benzene rings is 1. The lowest BCUT2D eigenvalue weighted by atomic mass is 10.1. The van der Waals surface area contributed by atoms with E-state index in [-0.39, 0.29) is 18.5 Å². The van der Waals surface area contributed by atoms with Gasteiger partial charge in [-0.25, -0.2) is 4.98 Å². The molecule has 19 heavy (non-hydrogen) atoms. The molecule has 0 unspecified atom stereocenters. The molecule has 0 saturated heterocycles. The molecule has 0 fully saturated rings. The SMILES string of the molecule is CC(=O)Nc1ccc2cc(COC(C)=O)ccc2n1. The summed E-state index contributed by atoms with van der Waals surface area (Å²) in [5, 5.41) is 3.56. The summed E-state index contributed by atoms with van der Waals surface area (Å²) in [5.74, 6) is 0.0605. The molecular formula is C14H14N2O3. The third kappa shape index (κ3) is 3.51. The van der Waals surface area contributed by atoms with Crippen molar-refractivity contribution in [1.82, 2.24) is 4.98 Å². The monoisotopic (exact) mass is 258 g/mol. The lowest BCUT2D eigenvalue weighted by Crippen LogP contribution is -2.07. The van der Waals surface area contributed by atoms with Crippen molar-refractivity contribution in [3.8, 4) is 0 Å². The first kappa shape index (κ1) is 13.0. The van der Waals surface area contributed by atoms with Crippen molar-refractivity contribution >= 4 is 28.6 Å². The fraction of sp³-hybridized carbons (Fsp3) is 0.214. The van der Waals surface area contributed by atoms with Crippen LogP contribution in [0.1, 0.15) is 19.4 Å². The number of carbonyl (C=O) groups is 2. The van der Waals surface area contributed by atoms with Crippen LogP contribution in [-0.2, 0) is 20.9 Å². The second-order valence-corrected chi connectivity index (χ2v) is 4.18. The van der Waals surface area contributed by atoms with Crippen molar-refractivity contribution in [3.05, 3.63) is 35.9 Å². The van der Waals surface area contributed by atoms with E-state index >= 15 is 0 Å². The Morgan fingerprint density at radius 3 is 2.68 bits per heavy atom. The summed E-state index contributed by atoms with van der Waals surface area (Å²) in [6.07, 6.45) is 0. The van der Waals surface area contributed by atoms with Crippen molar-refractivity contribution < 1.29 is 14.3 Å². The van der Waals surface area contributed by atoms with E-state index < -0.39 is 0 Å². The minimum atomic E-state index is -0.306. The third-order valence-electron chi connectivity index (χ3n) is 2.50. The highest BCUT2D eigenvalue weighted by molar-refractivity contribution is 5.89. The molecule has 0 spiro atoms. The number of esters is 1. The number of hydrogen-bond donors (Lipinski definition) is 1. The Kier molecular flexibility index (Phi) is 3.75. The summed E-state index contributed by atoms with van der Waals surface area (Å²) in [4.78, 5) is 26.0. The number of amides is 1. The number of aromatic nitrogens is 1. The molecule has 2 rings (SSSR count). The summed E-state index contributed by atoms with van der Waals surface area (Å²) in [7, 11) is 0. The number of fused-ring (bicyclic) bond motifs is 1. The first-order valence-corrected chi connectivity index (χ1v) is 5.85. The molecule has 98 valence electrons. The lowest BCUT2D eigenvalue weighted by molar-refractivity contribution is -0.142. The zero-order valence-electron chi connectivity index (χ0n) is 10.8. The molecule has 0 atom stereocenters. The Labute approximate surface area is 110 Å². The van der Waals surface area contributed by atoms with Gasteiger partial charge in [-0.3, -0.25) is 9.59 Å². The van der Waals surface area contributed by atoms with E-state index in [9.17, 15) is 9.59 Å². The fourth-order valence-corrected chi connectivity index (χ4v) is 1.70. The third-order valence-corrected chi connectivity index (χ3v) is 2.50. The molecular weight excluding hydrogens is 244 g/mol. The van der Waals surface area contributed by atoms with Crippen molar-refractivity contribution in [3.63, 3.8) is 0 Å². The predicted octanol–water partition coefficient (Wildman–Crippen LogP) is 2.26. The zero-order chi connectivity index (χ0) is 13.8. The largest absolute Gasteiger partial charge is 0.461 e. The second kappa shape index (κ2) is 5.48. The normalized spacial score (nSPS) is 10.2. The van der Waals surface area contributed by atoms with Crippen LogP contribution in [0.4, 0.5) is 5.82 Å². The van der Waals surface area contributed by atoms with E-state index in [0.717, 1.165) is 16.5 Å². The van der Waals surface area contributed by atoms with Crippen LogP contribution in [0.3, 0.4) is 0 Å². The lowest BCUT2D eigenvalue weighted by Gasteiger charge is -2.06. The maximum atomic E-state index is 11.0. The van der Waals surface area contributed by atoms with Crippen LogP contribution in [0.5, 0.6) is 0 Å². The van der Waals surface area contributed by atoms with E-state index in [1.54, 1.807) is 6.07 Å². The number of rotatable bonds is 3. The van der Waals surface area contributed by atoms with Gasteiger partial charge in [-0.1, -0.05) is 6.07 Å². The van der Waals surface area contributed by atoms with E-state index in [0.29, 0.717) is 5.82 Å². The predicted molar refractivity (Wildman–Crippen MR) is 71.5 cm³/mol. The van der Waals surface area contributed by atoms with Gasteiger partial charge in [0.15, 0.2) is 0 Å². The standard InChI is InChI=1S/C14H14N2O3/c1-9(17)15-14-6-4-12-7-11(8-19-10(2)18)3-5-13(12)16-14/h3-7H,8H2,1-2H3,(H,15,16,17). The van der Waals surface area contributed by atoms with Crippen molar-refractivity contribution in [2.75, 3.05) is 5.32 Å². The van der Waals surface area contributed by atoms with E-state index in [1.807, 2.05) is 24.3 Å². The molecule has 1 amide bonds. The van der Waals surface area contributed by atoms with Gasteiger partial charge in [0.1, 0.15) is 12.4 Å². The maximum absolute atomic E-state index is 11.0. The smallest absolute Gasteiger partial charge is 0.302 e. The molecule has 2 aromatic rings. The molecule has 0 bridgehead atoms. The van der Waals surface area contributed by atoms with Crippen LogP contribution in [0, 0.1) is 0 Å². The van der Waals surface area contributed by atoms with Gasteiger partial charge in [0.2, 0.25) is 5.91 Å². The summed E-state index contributed by atoms with van der Waals surface area (Å²) in [5.41, 5.74) is 1.68. The van der Waals surface area contributed by atoms with Gasteiger partial charge < -0.3 is 10.1 Å². The molecule has 5 nitrogen and oxygen atoms in total. The molecule has 1 N–H and O–H groups in total. The highest BCUT2D eigenvalue weighted by Gasteiger charge is 2.02. The summed E-state index contributed by atoms with van der Waals surface area (Å²) >= 11 is 0. The van der Waals surface area contributed by atoms with Gasteiger partial charge in [0.05, 0.1) is 5.52 Å². The van der Waals surface area contributed by atoms with Gasteiger partial charge >= 0.3 is 5.97 Å². The number of ether oxygens (including phenoxy) is 1. The second-order valence-electron chi connectivity index (χ2n) is 4.18. The molecule has 0 radical (unpaired) electrons. The Hall–Kier alpha value is -2.43. The average molecular weight is 258 g/mol. The molecule has 0 aliphatic carbocycles. The number of anilines is 1. The first-order chi connectivity index (χ1) is 9.04. The Bertz CT molecular complexity index is 638. The van der Waals surface area contributed by atoms with E-state index in [2.05, 4.69) is 10.3 Å². The van der Waals surface area contributed by atoms with Crippen molar-refractivity contribution in [1.29, 1.82) is 0 Å². The number of pyridine rings is 1. The van der Waals surface area contributed by atoms with Crippen LogP contribution < -0.4 is 5.32 Å². The van der Waals surface area contributed by atoms with Crippen molar-refractivity contribution in [2.45, 2.75) is 20.5 Å². The van der Waals surface area contributed by atoms with Crippen LogP contribution in [0.15, 0.2) is 30.3 Å². The molecule has 1 heterocycles. The number of nitrogens with zero attached hydrogens (tertiary/aromatic N) is 1. The summed E-state index contributed by atoms with van der Waals surface area (Å²) in [6, 6.07) is 9.18. The van der Waals surface area contributed by atoms with Gasteiger partial charge in [-0.15, -0.1) is 0 Å². The van der Waals surface area contributed by atoms with Crippen molar-refractivity contribution in [2.24, 2.45) is 0 Å². The topological polar surface area (TPSA) is 68.3 Å². The fourth-order valence-electron chi connectivity index (χ4n) is 1.70. The van der Waals surface area contributed by atoms with Crippen LogP contribution >= 0.6 is 0 Å². The quantitative estimate of drug-likeness (QED) is 0.857. The Balaban J connectivity index is 2.24. The molecule has 5 heteroatoms. The Morgan fingerprint density at radius 1 is 1.21 bits per heavy atom. The molecule has 0 aliphatic rings. The minimum Gasteiger partial charge on any atom is -0.461 e. The molecule has 1 aromatic heterocycles. The molecule has 0 saturated carbocycles. The highest BCUT2D eigenvalue weighted by atomic mass is 16.5. The van der Waals surface area contributed by atoms with E-state index in [1.165, 1.54) is 13.8 Å². The number of hydrogen-bond acceptors (Lipinski definition) is 4. The average Bonchev–Trinajstić information content (AvgIpc) is 2.35.